The van der Waals surface area contributed by atoms with Gasteiger partial charge in [0.15, 0.2) is 9.84 Å². The molecule has 0 atom stereocenters. The molecule has 1 N–H and O–H groups in total. The highest BCUT2D eigenvalue weighted by molar-refractivity contribution is 7.90. The van der Waals surface area contributed by atoms with E-state index in [2.05, 4.69) is 21.4 Å². The lowest BCUT2D eigenvalue weighted by atomic mass is 9.95. The van der Waals surface area contributed by atoms with Crippen molar-refractivity contribution in [3.8, 4) is 11.3 Å². The minimum absolute atomic E-state index is 0.130. The van der Waals surface area contributed by atoms with Crippen LogP contribution in [0.4, 0.5) is 11.5 Å². The molecule has 1 aliphatic heterocycles. The van der Waals surface area contributed by atoms with Crippen LogP contribution in [0.3, 0.4) is 0 Å². The van der Waals surface area contributed by atoms with Crippen molar-refractivity contribution < 1.29 is 13.2 Å². The van der Waals surface area contributed by atoms with Crippen LogP contribution in [0.15, 0.2) is 71.9 Å². The first-order valence-electron chi connectivity index (χ1n) is 10.5. The molecule has 2 aromatic carbocycles. The Morgan fingerprint density at radius 3 is 2.52 bits per heavy atom. The van der Waals surface area contributed by atoms with Crippen molar-refractivity contribution in [3.63, 3.8) is 0 Å². The Hall–Kier alpha value is -3.78. The quantitative estimate of drug-likeness (QED) is 0.498. The van der Waals surface area contributed by atoms with Crippen LogP contribution in [-0.4, -0.2) is 42.5 Å². The Kier molecular flexibility index (Phi) is 5.09. The fourth-order valence-electron chi connectivity index (χ4n) is 4.03. The Balaban J connectivity index is 1.51. The molecule has 4 aromatic rings. The van der Waals surface area contributed by atoms with Gasteiger partial charge in [0.1, 0.15) is 5.82 Å². The minimum atomic E-state index is -3.24. The molecule has 0 aliphatic carbocycles. The number of hydrogen-bond acceptors (Lipinski definition) is 6. The van der Waals surface area contributed by atoms with Crippen molar-refractivity contribution in [3.05, 3.63) is 78.1 Å². The normalized spacial score (nSPS) is 13.8. The Morgan fingerprint density at radius 1 is 0.970 bits per heavy atom. The summed E-state index contributed by atoms with van der Waals surface area (Å²) in [5.74, 6) is 0.761. The number of rotatable bonds is 4. The number of nitrogens with zero attached hydrogens (tertiary/aromatic N) is 3. The average Bonchev–Trinajstić information content (AvgIpc) is 2.79. The number of sulfone groups is 1. The maximum atomic E-state index is 12.0. The fourth-order valence-corrected chi connectivity index (χ4v) is 4.66. The number of carbonyl (C=O) groups excluding carboxylic acids is 1. The van der Waals surface area contributed by atoms with Gasteiger partial charge in [-0.3, -0.25) is 9.78 Å². The molecule has 166 valence electrons. The topological polar surface area (TPSA) is 92.3 Å². The van der Waals surface area contributed by atoms with E-state index in [1.54, 1.807) is 41.6 Å². The van der Waals surface area contributed by atoms with Gasteiger partial charge in [-0.05, 0) is 53.6 Å². The third-order valence-corrected chi connectivity index (χ3v) is 6.99. The summed E-state index contributed by atoms with van der Waals surface area (Å²) in [4.78, 5) is 23.2. The highest BCUT2D eigenvalue weighted by atomic mass is 32.2. The van der Waals surface area contributed by atoms with Gasteiger partial charge in [-0.25, -0.2) is 13.4 Å². The van der Waals surface area contributed by atoms with Gasteiger partial charge >= 0.3 is 0 Å². The Morgan fingerprint density at radius 2 is 1.76 bits per heavy atom. The standard InChI is InChI=1S/C25H22N4O3S/c1-29-15-19-11-17(4-3-16(19)12-24(29)30)25-22-13-23(27-14-18(22)9-10-26-25)28-20-5-7-21(8-6-20)33(2,31)32/h3-11,13-14H,12,15H2,1-2H3,(H,27,28). The second-order valence-electron chi connectivity index (χ2n) is 8.28. The molecule has 0 fully saturated rings. The zero-order valence-corrected chi connectivity index (χ0v) is 19.1. The number of amides is 1. The van der Waals surface area contributed by atoms with Crippen LogP contribution in [-0.2, 0) is 27.6 Å². The first-order chi connectivity index (χ1) is 15.8. The highest BCUT2D eigenvalue weighted by Crippen LogP contribution is 2.31. The summed E-state index contributed by atoms with van der Waals surface area (Å²) in [6.45, 7) is 0.588. The Labute approximate surface area is 192 Å². The number of nitrogens with one attached hydrogen (secondary N) is 1. The van der Waals surface area contributed by atoms with Crippen molar-refractivity contribution in [1.29, 1.82) is 0 Å². The molecular formula is C25H22N4O3S. The van der Waals surface area contributed by atoms with Crippen molar-refractivity contribution in [2.75, 3.05) is 18.6 Å². The second-order valence-corrected chi connectivity index (χ2v) is 10.3. The molecule has 1 amide bonds. The largest absolute Gasteiger partial charge is 0.341 e. The zero-order chi connectivity index (χ0) is 23.2. The molecule has 0 saturated carbocycles. The summed E-state index contributed by atoms with van der Waals surface area (Å²) in [5.41, 5.74) is 4.75. The van der Waals surface area contributed by atoms with E-state index in [0.29, 0.717) is 18.8 Å². The van der Waals surface area contributed by atoms with Gasteiger partial charge in [0.2, 0.25) is 5.91 Å². The summed E-state index contributed by atoms with van der Waals surface area (Å²) in [6.07, 6.45) is 5.17. The van der Waals surface area contributed by atoms with Gasteiger partial charge in [0, 0.05) is 54.3 Å². The summed E-state index contributed by atoms with van der Waals surface area (Å²) in [5, 5.41) is 5.14. The predicted octanol–water partition coefficient (Wildman–Crippen LogP) is 3.96. The van der Waals surface area contributed by atoms with Crippen LogP contribution in [0.25, 0.3) is 22.0 Å². The van der Waals surface area contributed by atoms with E-state index in [1.165, 1.54) is 6.26 Å². The van der Waals surface area contributed by atoms with Gasteiger partial charge in [-0.2, -0.15) is 0 Å². The first-order valence-corrected chi connectivity index (χ1v) is 12.3. The van der Waals surface area contributed by atoms with Gasteiger partial charge < -0.3 is 10.2 Å². The molecule has 8 heteroatoms. The molecule has 0 bridgehead atoms. The van der Waals surface area contributed by atoms with Gasteiger partial charge in [-0.15, -0.1) is 0 Å². The summed E-state index contributed by atoms with van der Waals surface area (Å²) >= 11 is 0. The third kappa shape index (κ3) is 4.17. The molecule has 2 aromatic heterocycles. The third-order valence-electron chi connectivity index (χ3n) is 5.86. The van der Waals surface area contributed by atoms with E-state index in [-0.39, 0.29) is 10.8 Å². The lowest BCUT2D eigenvalue weighted by molar-refractivity contribution is -0.130. The second kappa shape index (κ2) is 7.97. The number of fused-ring (bicyclic) bond motifs is 2. The van der Waals surface area contributed by atoms with Crippen molar-refractivity contribution in [2.45, 2.75) is 17.9 Å². The maximum Gasteiger partial charge on any atom is 0.227 e. The van der Waals surface area contributed by atoms with E-state index < -0.39 is 9.84 Å². The number of carbonyl (C=O) groups is 1. The number of benzene rings is 2. The molecule has 5 rings (SSSR count). The Bertz CT molecular complexity index is 1500. The SMILES string of the molecule is CN1Cc2cc(-c3nccc4cnc(Nc5ccc(S(C)(=O)=O)cc5)cc34)ccc2CC1=O. The summed E-state index contributed by atoms with van der Waals surface area (Å²) in [6, 6.07) is 16.6. The molecule has 33 heavy (non-hydrogen) atoms. The monoisotopic (exact) mass is 458 g/mol. The van der Waals surface area contributed by atoms with Crippen LogP contribution in [0.5, 0.6) is 0 Å². The fraction of sp³-hybridized carbons (Fsp3) is 0.160. The van der Waals surface area contributed by atoms with E-state index in [4.69, 9.17) is 0 Å². The number of pyridine rings is 2. The molecular weight excluding hydrogens is 436 g/mol. The summed E-state index contributed by atoms with van der Waals surface area (Å²) < 4.78 is 23.4. The smallest absolute Gasteiger partial charge is 0.227 e. The average molecular weight is 459 g/mol. The highest BCUT2D eigenvalue weighted by Gasteiger charge is 2.20. The zero-order valence-electron chi connectivity index (χ0n) is 18.2. The van der Waals surface area contributed by atoms with E-state index in [1.807, 2.05) is 31.3 Å². The van der Waals surface area contributed by atoms with Crippen LogP contribution in [0.1, 0.15) is 11.1 Å². The van der Waals surface area contributed by atoms with Crippen molar-refractivity contribution in [1.82, 2.24) is 14.9 Å². The number of hydrogen-bond donors (Lipinski definition) is 1. The summed E-state index contributed by atoms with van der Waals surface area (Å²) in [7, 11) is -1.42. The van der Waals surface area contributed by atoms with Crippen LogP contribution in [0.2, 0.25) is 0 Å². The molecule has 0 unspecified atom stereocenters. The lowest BCUT2D eigenvalue weighted by Gasteiger charge is -2.25. The van der Waals surface area contributed by atoms with Gasteiger partial charge in [-0.1, -0.05) is 12.1 Å². The van der Waals surface area contributed by atoms with Crippen molar-refractivity contribution in [2.24, 2.45) is 0 Å². The van der Waals surface area contributed by atoms with E-state index in [9.17, 15) is 13.2 Å². The molecule has 1 aliphatic rings. The molecule has 7 nitrogen and oxygen atoms in total. The molecule has 0 spiro atoms. The van der Waals surface area contributed by atoms with Crippen LogP contribution < -0.4 is 5.32 Å². The van der Waals surface area contributed by atoms with E-state index >= 15 is 0 Å². The predicted molar refractivity (Wildman–Crippen MR) is 128 cm³/mol. The maximum absolute atomic E-state index is 12.0. The first kappa shape index (κ1) is 21.1. The minimum Gasteiger partial charge on any atom is -0.341 e. The molecule has 3 heterocycles. The lowest BCUT2D eigenvalue weighted by Crippen LogP contribution is -2.32. The number of likely N-dealkylation sites (N-methyl/N-ethyl adjacent to an activating group) is 1. The molecule has 0 radical (unpaired) electrons. The van der Waals surface area contributed by atoms with E-state index in [0.717, 1.165) is 38.8 Å². The van der Waals surface area contributed by atoms with Gasteiger partial charge in [0.05, 0.1) is 17.0 Å². The number of aromatic nitrogens is 2. The van der Waals surface area contributed by atoms with Crippen molar-refractivity contribution >= 4 is 38.0 Å². The molecule has 0 saturated heterocycles. The van der Waals surface area contributed by atoms with Crippen LogP contribution in [0, 0.1) is 0 Å². The van der Waals surface area contributed by atoms with Gasteiger partial charge in [0.25, 0.3) is 0 Å². The van der Waals surface area contributed by atoms with Crippen LogP contribution >= 0.6 is 0 Å². The number of anilines is 2.